The van der Waals surface area contributed by atoms with Crippen molar-refractivity contribution in [3.05, 3.63) is 107 Å². The zero-order valence-electron chi connectivity index (χ0n) is 20.3. The Balaban J connectivity index is 2.04. The van der Waals surface area contributed by atoms with Gasteiger partial charge in [-0.1, -0.05) is 87.7 Å². The zero-order chi connectivity index (χ0) is 25.1. The molecule has 1 aromatic rings. The lowest BCUT2D eigenvalue weighted by Gasteiger charge is -2.37. The van der Waals surface area contributed by atoms with Gasteiger partial charge < -0.3 is 5.11 Å². The van der Waals surface area contributed by atoms with E-state index >= 15 is 0 Å². The Kier molecular flexibility index (Phi) is 10.2. The number of carbonyl (C=O) groups is 1. The van der Waals surface area contributed by atoms with Crippen LogP contribution in [0.2, 0.25) is 0 Å². The summed E-state index contributed by atoms with van der Waals surface area (Å²) in [5, 5.41) is 23.0. The summed E-state index contributed by atoms with van der Waals surface area (Å²) in [6.07, 6.45) is 12.9. The summed E-state index contributed by atoms with van der Waals surface area (Å²) < 4.78 is 0. The lowest BCUT2D eigenvalue weighted by Crippen LogP contribution is -2.37. The van der Waals surface area contributed by atoms with Gasteiger partial charge in [0.25, 0.3) is 0 Å². The third kappa shape index (κ3) is 8.28. The number of allylic oxidation sites excluding steroid dienone is 6. The summed E-state index contributed by atoms with van der Waals surface area (Å²) >= 11 is 1.37. The number of ketones is 1. The molecule has 178 valence electrons. The third-order valence-electron chi connectivity index (χ3n) is 5.01. The fourth-order valence-electron chi connectivity index (χ4n) is 3.27. The molecule has 0 amide bonds. The largest absolute Gasteiger partial charge is 0.386 e. The number of thioether (sulfide) groups is 1. The van der Waals surface area contributed by atoms with Gasteiger partial charge >= 0.3 is 0 Å². The van der Waals surface area contributed by atoms with Gasteiger partial charge in [-0.3, -0.25) is 4.79 Å². The molecule has 0 bridgehead atoms. The smallest absolute Gasteiger partial charge is 0.185 e. The quantitative estimate of drug-likeness (QED) is 0.138. The van der Waals surface area contributed by atoms with Crippen molar-refractivity contribution in [2.75, 3.05) is 0 Å². The fraction of sp³-hybridized carbons (Fsp3) is 0.250. The van der Waals surface area contributed by atoms with Crippen molar-refractivity contribution in [2.24, 2.45) is 21.5 Å². The number of nitrogens with zero attached hydrogens (tertiary/aromatic N) is 3. The predicted molar refractivity (Wildman–Crippen MR) is 146 cm³/mol. The van der Waals surface area contributed by atoms with E-state index in [0.29, 0.717) is 11.3 Å². The molecule has 2 rings (SSSR count). The van der Waals surface area contributed by atoms with Crippen LogP contribution in [0.25, 0.3) is 0 Å². The highest BCUT2D eigenvalue weighted by Gasteiger charge is 2.36. The summed E-state index contributed by atoms with van der Waals surface area (Å²) in [6.45, 7) is 15.9. The number of carbonyl (C=O) groups excluding carboxylic acids is 1. The molecule has 1 aliphatic carbocycles. The molecule has 0 saturated heterocycles. The summed E-state index contributed by atoms with van der Waals surface area (Å²) in [4.78, 5) is 12.9. The molecule has 2 unspecified atom stereocenters. The average Bonchev–Trinajstić information content (AvgIpc) is 2.80. The molecule has 34 heavy (non-hydrogen) atoms. The summed E-state index contributed by atoms with van der Waals surface area (Å²) in [7, 11) is 0. The van der Waals surface area contributed by atoms with Crippen molar-refractivity contribution >= 4 is 30.0 Å². The van der Waals surface area contributed by atoms with Gasteiger partial charge in [0, 0.05) is 22.6 Å². The summed E-state index contributed by atoms with van der Waals surface area (Å²) in [6, 6.07) is 9.09. The van der Waals surface area contributed by atoms with Crippen LogP contribution >= 0.6 is 11.8 Å². The first kappa shape index (κ1) is 27.0. The Morgan fingerprint density at radius 3 is 2.47 bits per heavy atom. The number of hydrazone groups is 2. The molecule has 0 saturated carbocycles. The van der Waals surface area contributed by atoms with Crippen LogP contribution in [0.15, 0.2) is 112 Å². The topological polar surface area (TPSA) is 65.3 Å². The number of hydrogen-bond donors (Lipinski definition) is 1. The van der Waals surface area contributed by atoms with Gasteiger partial charge in [-0.2, -0.15) is 15.3 Å². The Morgan fingerprint density at radius 2 is 1.82 bits per heavy atom. The number of rotatable bonds is 10. The average molecular weight is 476 g/mol. The molecule has 0 heterocycles. The molecule has 1 aromatic carbocycles. The van der Waals surface area contributed by atoms with Crippen LogP contribution < -0.4 is 0 Å². The van der Waals surface area contributed by atoms with Crippen molar-refractivity contribution in [2.45, 2.75) is 33.8 Å². The van der Waals surface area contributed by atoms with E-state index in [2.05, 4.69) is 50.2 Å². The van der Waals surface area contributed by atoms with Gasteiger partial charge in [-0.05, 0) is 48.1 Å². The van der Waals surface area contributed by atoms with Crippen LogP contribution in [0.5, 0.6) is 0 Å². The SMILES string of the molecule is C=C/C=N/N(/N=C/C=C/SC(=C)/C=C\C(=O)c1ccccc1)C1=CC(C)=CC(C(C)(C)C)C1O. The van der Waals surface area contributed by atoms with Crippen molar-refractivity contribution in [3.8, 4) is 0 Å². The lowest BCUT2D eigenvalue weighted by atomic mass is 9.73. The molecule has 2 atom stereocenters. The second-order valence-electron chi connectivity index (χ2n) is 8.85. The number of hydrogen-bond acceptors (Lipinski definition) is 6. The van der Waals surface area contributed by atoms with E-state index in [-0.39, 0.29) is 17.1 Å². The molecule has 0 aliphatic heterocycles. The van der Waals surface area contributed by atoms with E-state index in [4.69, 9.17) is 0 Å². The highest BCUT2D eigenvalue weighted by Crippen LogP contribution is 2.37. The predicted octanol–water partition coefficient (Wildman–Crippen LogP) is 6.51. The van der Waals surface area contributed by atoms with E-state index in [0.717, 1.165) is 10.5 Å². The molecular formula is C28H33N3O2S. The molecule has 5 nitrogen and oxygen atoms in total. The Labute approximate surface area is 207 Å². The highest BCUT2D eigenvalue weighted by atomic mass is 32.2. The fourth-order valence-corrected chi connectivity index (χ4v) is 3.74. The van der Waals surface area contributed by atoms with E-state index in [1.165, 1.54) is 29.2 Å². The van der Waals surface area contributed by atoms with Crippen molar-refractivity contribution in [3.63, 3.8) is 0 Å². The minimum Gasteiger partial charge on any atom is -0.386 e. The second kappa shape index (κ2) is 12.9. The summed E-state index contributed by atoms with van der Waals surface area (Å²) in [5.74, 6) is -0.134. The highest BCUT2D eigenvalue weighted by molar-refractivity contribution is 8.06. The molecule has 0 fully saturated rings. The van der Waals surface area contributed by atoms with E-state index in [9.17, 15) is 9.90 Å². The van der Waals surface area contributed by atoms with Gasteiger partial charge in [0.1, 0.15) is 6.10 Å². The first-order valence-electron chi connectivity index (χ1n) is 11.0. The van der Waals surface area contributed by atoms with Crippen LogP contribution in [-0.2, 0) is 0 Å². The molecule has 0 radical (unpaired) electrons. The van der Waals surface area contributed by atoms with Crippen LogP contribution in [0.1, 0.15) is 38.1 Å². The molecular weight excluding hydrogens is 442 g/mol. The Morgan fingerprint density at radius 1 is 1.15 bits per heavy atom. The number of aliphatic hydroxyl groups excluding tert-OH is 1. The standard InChI is InChI=1S/C28H33N3O2S/c1-7-16-29-31(25-20-21(2)19-24(27(25)33)28(4,5)6)30-17-11-18-34-22(3)14-15-26(32)23-12-9-8-10-13-23/h7-20,24,27,33H,1,3H2,2,4-6H3/b15-14-,18-11+,29-16+,30-17+. The first-order valence-corrected chi connectivity index (χ1v) is 11.9. The molecule has 1 N–H and O–H groups in total. The van der Waals surface area contributed by atoms with Crippen LogP contribution in [0.4, 0.5) is 0 Å². The Bertz CT molecular complexity index is 1060. The normalized spacial score (nSPS) is 19.1. The van der Waals surface area contributed by atoms with Crippen LogP contribution in [-0.4, -0.2) is 34.5 Å². The van der Waals surface area contributed by atoms with Gasteiger partial charge in [0.2, 0.25) is 0 Å². The zero-order valence-corrected chi connectivity index (χ0v) is 21.1. The maximum atomic E-state index is 12.1. The molecule has 6 heteroatoms. The third-order valence-corrected chi connectivity index (χ3v) is 5.74. The van der Waals surface area contributed by atoms with Crippen molar-refractivity contribution in [1.82, 2.24) is 5.12 Å². The maximum Gasteiger partial charge on any atom is 0.185 e. The van der Waals surface area contributed by atoms with Gasteiger partial charge in [0.05, 0.1) is 11.9 Å². The van der Waals surface area contributed by atoms with Gasteiger partial charge in [-0.15, -0.1) is 0 Å². The summed E-state index contributed by atoms with van der Waals surface area (Å²) in [5.41, 5.74) is 2.16. The molecule has 0 aromatic heterocycles. The maximum absolute atomic E-state index is 12.1. The lowest BCUT2D eigenvalue weighted by molar-refractivity contribution is 0.0716. The molecule has 1 aliphatic rings. The minimum atomic E-state index is -0.742. The van der Waals surface area contributed by atoms with Crippen LogP contribution in [0.3, 0.4) is 0 Å². The van der Waals surface area contributed by atoms with Crippen molar-refractivity contribution in [1.29, 1.82) is 0 Å². The Hall–Kier alpha value is -3.22. The minimum absolute atomic E-state index is 0.0658. The van der Waals surface area contributed by atoms with Crippen LogP contribution in [0, 0.1) is 11.3 Å². The van der Waals surface area contributed by atoms with E-state index in [1.807, 2.05) is 36.6 Å². The second-order valence-corrected chi connectivity index (χ2v) is 9.88. The monoisotopic (exact) mass is 475 g/mol. The van der Waals surface area contributed by atoms with Gasteiger partial charge in [-0.25, -0.2) is 0 Å². The van der Waals surface area contributed by atoms with Gasteiger partial charge in [0.15, 0.2) is 5.78 Å². The molecule has 0 spiro atoms. The van der Waals surface area contributed by atoms with E-state index < -0.39 is 6.10 Å². The number of benzene rings is 1. The van der Waals surface area contributed by atoms with Crippen molar-refractivity contribution < 1.29 is 9.90 Å². The number of aliphatic hydroxyl groups is 1. The van der Waals surface area contributed by atoms with E-state index in [1.54, 1.807) is 36.6 Å². The first-order chi connectivity index (χ1) is 16.1.